The van der Waals surface area contributed by atoms with Crippen LogP contribution in [0.25, 0.3) is 11.4 Å². The Hall–Kier alpha value is -2.64. The standard InChI is InChI=1S/C22H26N4O2S/c1-24-21(16-8-5-4-6-9-16)23-26(22(24)29)15-25-13-7-10-19(25)18-14-17(27-2)11-12-20(18)28-3/h4-6,8-9,11-12,14,19H,7,10,13,15H2,1-3H3/t19-/m1/s1. The molecule has 1 saturated heterocycles. The van der Waals surface area contributed by atoms with Crippen LogP contribution in [-0.4, -0.2) is 40.0 Å². The third-order valence-electron chi connectivity index (χ3n) is 5.55. The van der Waals surface area contributed by atoms with Gasteiger partial charge >= 0.3 is 0 Å². The van der Waals surface area contributed by atoms with Crippen LogP contribution in [-0.2, 0) is 13.7 Å². The number of nitrogens with zero attached hydrogens (tertiary/aromatic N) is 4. The summed E-state index contributed by atoms with van der Waals surface area (Å²) < 4.78 is 15.7. The van der Waals surface area contributed by atoms with Crippen LogP contribution in [0.4, 0.5) is 0 Å². The van der Waals surface area contributed by atoms with Crippen LogP contribution >= 0.6 is 12.2 Å². The van der Waals surface area contributed by atoms with Gasteiger partial charge in [0.15, 0.2) is 10.6 Å². The molecule has 1 atom stereocenters. The molecule has 7 heteroatoms. The van der Waals surface area contributed by atoms with Gasteiger partial charge in [0, 0.05) is 30.8 Å². The van der Waals surface area contributed by atoms with E-state index in [9.17, 15) is 0 Å². The van der Waals surface area contributed by atoms with Crippen LogP contribution in [0.2, 0.25) is 0 Å². The van der Waals surface area contributed by atoms with Crippen molar-refractivity contribution in [3.63, 3.8) is 0 Å². The second-order valence-corrected chi connectivity index (χ2v) is 7.62. The average Bonchev–Trinajstić information content (AvgIpc) is 3.34. The van der Waals surface area contributed by atoms with Gasteiger partial charge in [-0.05, 0) is 43.3 Å². The molecule has 4 rings (SSSR count). The Labute approximate surface area is 176 Å². The van der Waals surface area contributed by atoms with Crippen LogP contribution in [0.5, 0.6) is 11.5 Å². The molecule has 1 aromatic heterocycles. The summed E-state index contributed by atoms with van der Waals surface area (Å²) in [7, 11) is 5.38. The van der Waals surface area contributed by atoms with E-state index in [1.807, 2.05) is 46.6 Å². The molecule has 3 aromatic rings. The Morgan fingerprint density at radius 3 is 2.62 bits per heavy atom. The van der Waals surface area contributed by atoms with Crippen molar-refractivity contribution in [1.82, 2.24) is 19.2 Å². The van der Waals surface area contributed by atoms with E-state index >= 15 is 0 Å². The highest BCUT2D eigenvalue weighted by Crippen LogP contribution is 2.39. The SMILES string of the molecule is COc1ccc(OC)c([C@H]2CCCN2Cn2nc(-c3ccccc3)n(C)c2=S)c1. The molecular formula is C22H26N4O2S. The first-order chi connectivity index (χ1) is 14.1. The monoisotopic (exact) mass is 410 g/mol. The van der Waals surface area contributed by atoms with E-state index in [4.69, 9.17) is 26.8 Å². The van der Waals surface area contributed by atoms with Gasteiger partial charge in [0.25, 0.3) is 0 Å². The second-order valence-electron chi connectivity index (χ2n) is 7.25. The predicted octanol–water partition coefficient (Wildman–Crippen LogP) is 4.43. The first-order valence-electron chi connectivity index (χ1n) is 9.77. The Balaban J connectivity index is 1.64. The van der Waals surface area contributed by atoms with Crippen molar-refractivity contribution in [1.29, 1.82) is 0 Å². The van der Waals surface area contributed by atoms with Crippen molar-refractivity contribution in [2.24, 2.45) is 7.05 Å². The van der Waals surface area contributed by atoms with Crippen molar-refractivity contribution in [3.05, 3.63) is 58.9 Å². The molecule has 0 aliphatic carbocycles. The number of methoxy groups -OCH3 is 2. The Bertz CT molecular complexity index is 1040. The Morgan fingerprint density at radius 2 is 1.90 bits per heavy atom. The zero-order valence-corrected chi connectivity index (χ0v) is 17.9. The molecule has 0 radical (unpaired) electrons. The fourth-order valence-corrected chi connectivity index (χ4v) is 4.22. The lowest BCUT2D eigenvalue weighted by atomic mass is 10.0. The third-order valence-corrected chi connectivity index (χ3v) is 6.03. The number of benzene rings is 2. The molecule has 0 N–H and O–H groups in total. The summed E-state index contributed by atoms with van der Waals surface area (Å²) in [4.78, 5) is 2.41. The zero-order valence-electron chi connectivity index (χ0n) is 17.0. The lowest BCUT2D eigenvalue weighted by molar-refractivity contribution is 0.186. The molecule has 0 saturated carbocycles. The van der Waals surface area contributed by atoms with Gasteiger partial charge in [-0.1, -0.05) is 30.3 Å². The molecule has 0 unspecified atom stereocenters. The number of hydrogen-bond donors (Lipinski definition) is 0. The highest BCUT2D eigenvalue weighted by Gasteiger charge is 2.29. The molecule has 0 spiro atoms. The zero-order chi connectivity index (χ0) is 20.4. The van der Waals surface area contributed by atoms with Gasteiger partial charge in [0.1, 0.15) is 11.5 Å². The van der Waals surface area contributed by atoms with Gasteiger partial charge in [0.2, 0.25) is 0 Å². The molecule has 0 bridgehead atoms. The summed E-state index contributed by atoms with van der Waals surface area (Å²) in [6.45, 7) is 1.63. The molecule has 2 aromatic carbocycles. The average molecular weight is 411 g/mol. The van der Waals surface area contributed by atoms with E-state index in [1.54, 1.807) is 14.2 Å². The molecule has 29 heavy (non-hydrogen) atoms. The first-order valence-corrected chi connectivity index (χ1v) is 10.2. The van der Waals surface area contributed by atoms with Crippen LogP contribution in [0.15, 0.2) is 48.5 Å². The minimum atomic E-state index is 0.240. The van der Waals surface area contributed by atoms with Gasteiger partial charge in [0.05, 0.1) is 20.9 Å². The van der Waals surface area contributed by atoms with E-state index in [1.165, 1.54) is 0 Å². The van der Waals surface area contributed by atoms with Crippen LogP contribution in [0.1, 0.15) is 24.4 Å². The molecule has 2 heterocycles. The number of ether oxygens (including phenoxy) is 2. The summed E-state index contributed by atoms with van der Waals surface area (Å²) in [6.07, 6.45) is 2.19. The van der Waals surface area contributed by atoms with E-state index < -0.39 is 0 Å². The molecule has 152 valence electrons. The van der Waals surface area contributed by atoms with E-state index in [2.05, 4.69) is 23.1 Å². The minimum absolute atomic E-state index is 0.240. The smallest absolute Gasteiger partial charge is 0.199 e. The van der Waals surface area contributed by atoms with Crippen molar-refractivity contribution in [3.8, 4) is 22.9 Å². The maximum atomic E-state index is 5.68. The van der Waals surface area contributed by atoms with E-state index in [-0.39, 0.29) is 6.04 Å². The molecule has 1 aliphatic heterocycles. The van der Waals surface area contributed by atoms with Crippen LogP contribution in [0, 0.1) is 4.77 Å². The lowest BCUT2D eigenvalue weighted by Gasteiger charge is -2.26. The summed E-state index contributed by atoms with van der Waals surface area (Å²) in [5.41, 5.74) is 2.21. The van der Waals surface area contributed by atoms with Gasteiger partial charge < -0.3 is 14.0 Å². The Morgan fingerprint density at radius 1 is 1.10 bits per heavy atom. The highest BCUT2D eigenvalue weighted by atomic mass is 32.1. The van der Waals surface area contributed by atoms with Crippen LogP contribution < -0.4 is 9.47 Å². The fourth-order valence-electron chi connectivity index (χ4n) is 4.04. The molecule has 6 nitrogen and oxygen atoms in total. The van der Waals surface area contributed by atoms with E-state index in [0.717, 1.165) is 47.8 Å². The summed E-state index contributed by atoms with van der Waals surface area (Å²) in [5, 5.41) is 4.83. The summed E-state index contributed by atoms with van der Waals surface area (Å²) in [5.74, 6) is 2.61. The number of rotatable bonds is 6. The van der Waals surface area contributed by atoms with Crippen molar-refractivity contribution >= 4 is 12.2 Å². The maximum Gasteiger partial charge on any atom is 0.199 e. The molecular weight excluding hydrogens is 384 g/mol. The van der Waals surface area contributed by atoms with E-state index in [0.29, 0.717) is 11.4 Å². The maximum absolute atomic E-state index is 5.68. The molecule has 1 fully saturated rings. The number of likely N-dealkylation sites (tertiary alicyclic amines) is 1. The van der Waals surface area contributed by atoms with Gasteiger partial charge in [-0.3, -0.25) is 4.90 Å². The third kappa shape index (κ3) is 3.80. The Kier molecular flexibility index (Phi) is 5.69. The topological polar surface area (TPSA) is 44.5 Å². The van der Waals surface area contributed by atoms with Crippen LogP contribution in [0.3, 0.4) is 0 Å². The lowest BCUT2D eigenvalue weighted by Crippen LogP contribution is -2.27. The highest BCUT2D eigenvalue weighted by molar-refractivity contribution is 7.71. The van der Waals surface area contributed by atoms with Gasteiger partial charge in [-0.2, -0.15) is 5.10 Å². The molecule has 1 aliphatic rings. The van der Waals surface area contributed by atoms with Crippen molar-refractivity contribution in [2.45, 2.75) is 25.6 Å². The predicted molar refractivity (Wildman–Crippen MR) is 116 cm³/mol. The summed E-state index contributed by atoms with van der Waals surface area (Å²) >= 11 is 5.68. The van der Waals surface area contributed by atoms with Crippen molar-refractivity contribution < 1.29 is 9.47 Å². The van der Waals surface area contributed by atoms with Gasteiger partial charge in [-0.25, -0.2) is 4.68 Å². The quantitative estimate of drug-likeness (QED) is 0.563. The second kappa shape index (κ2) is 8.39. The van der Waals surface area contributed by atoms with Crippen molar-refractivity contribution in [2.75, 3.05) is 20.8 Å². The minimum Gasteiger partial charge on any atom is -0.497 e. The fraction of sp³-hybridized carbons (Fsp3) is 0.364. The largest absolute Gasteiger partial charge is 0.497 e. The first kappa shape index (κ1) is 19.7. The number of hydrogen-bond acceptors (Lipinski definition) is 5. The normalized spacial score (nSPS) is 16.9. The molecule has 0 amide bonds. The number of aromatic nitrogens is 3. The van der Waals surface area contributed by atoms with Gasteiger partial charge in [-0.15, -0.1) is 0 Å². The summed E-state index contributed by atoms with van der Waals surface area (Å²) in [6, 6.07) is 16.4.